The predicted octanol–water partition coefficient (Wildman–Crippen LogP) is 3.28. The van der Waals surface area contributed by atoms with Crippen LogP contribution in [0.5, 0.6) is 5.88 Å². The third kappa shape index (κ3) is 4.01. The highest BCUT2D eigenvalue weighted by Gasteiger charge is 2.27. The fourth-order valence-corrected chi connectivity index (χ4v) is 3.13. The van der Waals surface area contributed by atoms with Gasteiger partial charge in [0, 0.05) is 24.4 Å². The van der Waals surface area contributed by atoms with Crippen molar-refractivity contribution < 1.29 is 9.53 Å². The second-order valence-corrected chi connectivity index (χ2v) is 6.54. The average Bonchev–Trinajstić information content (AvgIpc) is 2.54. The van der Waals surface area contributed by atoms with Crippen molar-refractivity contribution in [2.75, 3.05) is 13.1 Å². The molecule has 122 valence electrons. The Balaban J connectivity index is 1.64. The minimum absolute atomic E-state index is 0.0209. The molecule has 1 aromatic heterocycles. The van der Waals surface area contributed by atoms with Crippen molar-refractivity contribution >= 4 is 5.91 Å². The number of hydrogen-bond acceptors (Lipinski definition) is 3. The molecule has 1 unspecified atom stereocenters. The van der Waals surface area contributed by atoms with Crippen molar-refractivity contribution in [3.8, 4) is 5.88 Å². The van der Waals surface area contributed by atoms with Crippen LogP contribution in [0.15, 0.2) is 42.1 Å². The van der Waals surface area contributed by atoms with Crippen LogP contribution in [-0.4, -0.2) is 35.0 Å². The number of likely N-dealkylation sites (tertiary alicyclic amines) is 1. The van der Waals surface area contributed by atoms with Gasteiger partial charge in [-0.2, -0.15) is 0 Å². The second-order valence-electron chi connectivity index (χ2n) is 6.54. The molecule has 1 saturated heterocycles. The first kappa shape index (κ1) is 15.8. The van der Waals surface area contributed by atoms with E-state index in [1.54, 1.807) is 6.20 Å². The first-order valence-corrected chi connectivity index (χ1v) is 8.39. The largest absolute Gasteiger partial charge is 0.472 e. The summed E-state index contributed by atoms with van der Waals surface area (Å²) in [4.78, 5) is 18.9. The molecular weight excluding hydrogens is 288 g/mol. The molecule has 0 saturated carbocycles. The zero-order valence-electron chi connectivity index (χ0n) is 13.9. The third-order valence-corrected chi connectivity index (χ3v) is 4.36. The van der Waals surface area contributed by atoms with Gasteiger partial charge in [0.25, 0.3) is 5.91 Å². The molecule has 2 atom stereocenters. The molecule has 1 aliphatic heterocycles. The van der Waals surface area contributed by atoms with E-state index in [1.807, 2.05) is 30.0 Å². The van der Waals surface area contributed by atoms with Crippen LogP contribution in [0.4, 0.5) is 0 Å². The molecule has 1 aromatic rings. The van der Waals surface area contributed by atoms with E-state index >= 15 is 0 Å². The number of aryl methyl sites for hydroxylation is 1. The van der Waals surface area contributed by atoms with Crippen molar-refractivity contribution in [1.82, 2.24) is 9.88 Å². The Morgan fingerprint density at radius 3 is 3.09 bits per heavy atom. The van der Waals surface area contributed by atoms with Crippen LogP contribution in [0, 0.1) is 12.8 Å². The number of piperidine rings is 1. The lowest BCUT2D eigenvalue weighted by Crippen LogP contribution is -2.45. The number of pyridine rings is 1. The van der Waals surface area contributed by atoms with Crippen molar-refractivity contribution in [3.63, 3.8) is 0 Å². The smallest absolute Gasteiger partial charge is 0.253 e. The molecule has 23 heavy (non-hydrogen) atoms. The summed E-state index contributed by atoms with van der Waals surface area (Å²) in [5.41, 5.74) is 1.95. The standard InChI is InChI=1S/C19H24N2O2/c1-14-5-3-6-16(11-14)19(22)21-10-4-7-17(13-21)23-18-12-15(2)8-9-20-18/h3,6,8-9,11-12,14,17H,4-5,7,10,13H2,1-2H3/t14?,17-/m1/s1. The predicted molar refractivity (Wildman–Crippen MR) is 90.2 cm³/mol. The minimum atomic E-state index is 0.0209. The molecule has 3 rings (SSSR count). The Labute approximate surface area is 137 Å². The van der Waals surface area contributed by atoms with Crippen LogP contribution in [0.2, 0.25) is 0 Å². The lowest BCUT2D eigenvalue weighted by molar-refractivity contribution is -0.129. The summed E-state index contributed by atoms with van der Waals surface area (Å²) in [6, 6.07) is 3.89. The molecule has 0 radical (unpaired) electrons. The molecule has 0 spiro atoms. The Bertz CT molecular complexity index is 636. The maximum atomic E-state index is 12.7. The van der Waals surface area contributed by atoms with Gasteiger partial charge in [0.15, 0.2) is 0 Å². The van der Waals surface area contributed by atoms with Gasteiger partial charge in [0.1, 0.15) is 6.10 Å². The Hall–Kier alpha value is -2.10. The van der Waals surface area contributed by atoms with E-state index in [0.717, 1.165) is 36.9 Å². The Morgan fingerprint density at radius 2 is 2.30 bits per heavy atom. The Kier molecular flexibility index (Phi) is 4.79. The first-order chi connectivity index (χ1) is 11.1. The summed E-state index contributed by atoms with van der Waals surface area (Å²) in [6.07, 6.45) is 10.8. The van der Waals surface area contributed by atoms with Gasteiger partial charge in [-0.15, -0.1) is 0 Å². The van der Waals surface area contributed by atoms with Crippen LogP contribution in [0.1, 0.15) is 31.7 Å². The van der Waals surface area contributed by atoms with E-state index in [0.29, 0.717) is 18.3 Å². The quantitative estimate of drug-likeness (QED) is 0.860. The molecule has 1 fully saturated rings. The monoisotopic (exact) mass is 312 g/mol. The van der Waals surface area contributed by atoms with Crippen LogP contribution < -0.4 is 4.74 Å². The highest BCUT2D eigenvalue weighted by Crippen LogP contribution is 2.22. The SMILES string of the molecule is Cc1ccnc(O[C@@H]2CCCN(C(=O)C3=CC(C)CC=C3)C2)c1. The van der Waals surface area contributed by atoms with Crippen molar-refractivity contribution in [2.24, 2.45) is 5.92 Å². The normalized spacial score (nSPS) is 24.3. The van der Waals surface area contributed by atoms with Crippen LogP contribution in [-0.2, 0) is 4.79 Å². The summed E-state index contributed by atoms with van der Waals surface area (Å²) < 4.78 is 5.98. The number of nitrogens with zero attached hydrogens (tertiary/aromatic N) is 2. The van der Waals surface area contributed by atoms with Gasteiger partial charge in [0.05, 0.1) is 6.54 Å². The number of hydrogen-bond donors (Lipinski definition) is 0. The van der Waals surface area contributed by atoms with E-state index in [9.17, 15) is 4.79 Å². The highest BCUT2D eigenvalue weighted by molar-refractivity contribution is 5.96. The lowest BCUT2D eigenvalue weighted by atomic mass is 9.96. The molecular formula is C19H24N2O2. The first-order valence-electron chi connectivity index (χ1n) is 8.39. The van der Waals surface area contributed by atoms with Crippen LogP contribution >= 0.6 is 0 Å². The molecule has 1 aliphatic carbocycles. The maximum absolute atomic E-state index is 12.7. The number of carbonyl (C=O) groups is 1. The summed E-state index contributed by atoms with van der Waals surface area (Å²) in [7, 11) is 0. The number of amides is 1. The summed E-state index contributed by atoms with van der Waals surface area (Å²) in [6.45, 7) is 5.60. The summed E-state index contributed by atoms with van der Waals surface area (Å²) in [5.74, 6) is 1.21. The van der Waals surface area contributed by atoms with E-state index in [-0.39, 0.29) is 12.0 Å². The van der Waals surface area contributed by atoms with E-state index < -0.39 is 0 Å². The number of aromatic nitrogens is 1. The zero-order valence-corrected chi connectivity index (χ0v) is 13.9. The highest BCUT2D eigenvalue weighted by atomic mass is 16.5. The number of rotatable bonds is 3. The number of allylic oxidation sites excluding steroid dienone is 2. The fourth-order valence-electron chi connectivity index (χ4n) is 3.13. The molecule has 0 bridgehead atoms. The third-order valence-electron chi connectivity index (χ3n) is 4.36. The lowest BCUT2D eigenvalue weighted by Gasteiger charge is -2.33. The van der Waals surface area contributed by atoms with E-state index in [4.69, 9.17) is 4.74 Å². The van der Waals surface area contributed by atoms with Gasteiger partial charge >= 0.3 is 0 Å². The van der Waals surface area contributed by atoms with Gasteiger partial charge in [-0.3, -0.25) is 4.79 Å². The minimum Gasteiger partial charge on any atom is -0.472 e. The van der Waals surface area contributed by atoms with Crippen LogP contribution in [0.3, 0.4) is 0 Å². The molecule has 1 amide bonds. The average molecular weight is 312 g/mol. The zero-order chi connectivity index (χ0) is 16.2. The number of carbonyl (C=O) groups excluding carboxylic acids is 1. The van der Waals surface area contributed by atoms with Crippen molar-refractivity contribution in [2.45, 2.75) is 39.2 Å². The molecule has 0 N–H and O–H groups in total. The van der Waals surface area contributed by atoms with Crippen molar-refractivity contribution in [1.29, 1.82) is 0 Å². The second kappa shape index (κ2) is 6.99. The maximum Gasteiger partial charge on any atom is 0.253 e. The van der Waals surface area contributed by atoms with Gasteiger partial charge in [-0.1, -0.05) is 25.2 Å². The molecule has 2 heterocycles. The van der Waals surface area contributed by atoms with Crippen LogP contribution in [0.25, 0.3) is 0 Å². The van der Waals surface area contributed by atoms with Gasteiger partial charge in [-0.05, 0) is 43.7 Å². The van der Waals surface area contributed by atoms with E-state index in [1.165, 1.54) is 0 Å². The fraction of sp³-hybridized carbons (Fsp3) is 0.474. The van der Waals surface area contributed by atoms with E-state index in [2.05, 4.69) is 24.1 Å². The molecule has 4 nitrogen and oxygen atoms in total. The van der Waals surface area contributed by atoms with Gasteiger partial charge < -0.3 is 9.64 Å². The topological polar surface area (TPSA) is 42.4 Å². The number of ether oxygens (including phenoxy) is 1. The summed E-state index contributed by atoms with van der Waals surface area (Å²) in [5, 5.41) is 0. The molecule has 4 heteroatoms. The molecule has 0 aromatic carbocycles. The summed E-state index contributed by atoms with van der Waals surface area (Å²) >= 11 is 0. The molecule has 2 aliphatic rings. The van der Waals surface area contributed by atoms with Gasteiger partial charge in [0.2, 0.25) is 5.88 Å². The van der Waals surface area contributed by atoms with Crippen molar-refractivity contribution in [3.05, 3.63) is 47.7 Å². The van der Waals surface area contributed by atoms with Gasteiger partial charge in [-0.25, -0.2) is 4.98 Å². The Morgan fingerprint density at radius 1 is 1.43 bits per heavy atom.